The molecule has 2 unspecified atom stereocenters. The van der Waals surface area contributed by atoms with E-state index in [1.807, 2.05) is 11.3 Å². The highest BCUT2D eigenvalue weighted by Gasteiger charge is 2.23. The van der Waals surface area contributed by atoms with Gasteiger partial charge < -0.3 is 11.1 Å². The summed E-state index contributed by atoms with van der Waals surface area (Å²) in [6, 6.07) is 2.38. The van der Waals surface area contributed by atoms with Crippen LogP contribution in [0.5, 0.6) is 0 Å². The molecule has 2 rings (SSSR count). The summed E-state index contributed by atoms with van der Waals surface area (Å²) < 4.78 is 0. The molecule has 1 heterocycles. The highest BCUT2D eigenvalue weighted by Crippen LogP contribution is 2.33. The van der Waals surface area contributed by atoms with Crippen LogP contribution < -0.4 is 11.1 Å². The number of rotatable bonds is 5. The van der Waals surface area contributed by atoms with Gasteiger partial charge in [0.1, 0.15) is 0 Å². The predicted octanol–water partition coefficient (Wildman–Crippen LogP) is 2.62. The van der Waals surface area contributed by atoms with E-state index in [0.717, 1.165) is 12.8 Å². The van der Waals surface area contributed by atoms with E-state index < -0.39 is 0 Å². The molecule has 4 heteroatoms. The van der Waals surface area contributed by atoms with E-state index in [1.165, 1.54) is 23.3 Å². The number of fused-ring (bicyclic) bond motifs is 1. The third-order valence-corrected chi connectivity index (χ3v) is 4.77. The lowest BCUT2D eigenvalue weighted by Crippen LogP contribution is -2.32. The monoisotopic (exact) mass is 266 g/mol. The summed E-state index contributed by atoms with van der Waals surface area (Å²) in [6.07, 6.45) is 4.93. The van der Waals surface area contributed by atoms with Crippen molar-refractivity contribution in [3.05, 3.63) is 21.9 Å². The van der Waals surface area contributed by atoms with Gasteiger partial charge in [-0.1, -0.05) is 13.3 Å². The maximum atomic E-state index is 12.0. The third-order valence-electron chi connectivity index (χ3n) is 3.77. The maximum Gasteiger partial charge on any atom is 0.220 e. The van der Waals surface area contributed by atoms with Crippen LogP contribution in [0.25, 0.3) is 0 Å². The fourth-order valence-corrected chi connectivity index (χ4v) is 3.53. The molecule has 0 bridgehead atoms. The van der Waals surface area contributed by atoms with Crippen molar-refractivity contribution in [1.29, 1.82) is 0 Å². The zero-order valence-corrected chi connectivity index (χ0v) is 11.8. The molecule has 0 saturated heterocycles. The molecular formula is C14H22N2OS. The van der Waals surface area contributed by atoms with Crippen molar-refractivity contribution in [3.63, 3.8) is 0 Å². The van der Waals surface area contributed by atoms with E-state index in [4.69, 9.17) is 5.73 Å². The lowest BCUT2D eigenvalue weighted by atomic mass is 9.93. The van der Waals surface area contributed by atoms with Gasteiger partial charge in [-0.3, -0.25) is 4.79 Å². The molecule has 100 valence electrons. The molecule has 1 aliphatic rings. The van der Waals surface area contributed by atoms with Crippen molar-refractivity contribution in [2.45, 2.75) is 45.1 Å². The number of hydrogen-bond acceptors (Lipinski definition) is 3. The highest BCUT2D eigenvalue weighted by molar-refractivity contribution is 7.10. The SMILES string of the molecule is CCC(CN)CC(=O)NC1CCCc2sccc21. The van der Waals surface area contributed by atoms with Gasteiger partial charge in [0.15, 0.2) is 0 Å². The maximum absolute atomic E-state index is 12.0. The van der Waals surface area contributed by atoms with E-state index >= 15 is 0 Å². The smallest absolute Gasteiger partial charge is 0.220 e. The zero-order chi connectivity index (χ0) is 13.0. The number of thiophene rings is 1. The molecular weight excluding hydrogens is 244 g/mol. The topological polar surface area (TPSA) is 55.1 Å². The predicted molar refractivity (Wildman–Crippen MR) is 75.6 cm³/mol. The van der Waals surface area contributed by atoms with Crippen LogP contribution in [0.3, 0.4) is 0 Å². The average molecular weight is 266 g/mol. The zero-order valence-electron chi connectivity index (χ0n) is 10.9. The van der Waals surface area contributed by atoms with Crippen LogP contribution in [0.4, 0.5) is 0 Å². The van der Waals surface area contributed by atoms with E-state index in [0.29, 0.717) is 18.9 Å². The second kappa shape index (κ2) is 6.34. The van der Waals surface area contributed by atoms with Crippen molar-refractivity contribution in [3.8, 4) is 0 Å². The average Bonchev–Trinajstić information content (AvgIpc) is 2.85. The van der Waals surface area contributed by atoms with Crippen molar-refractivity contribution >= 4 is 17.2 Å². The Morgan fingerprint density at radius 2 is 2.50 bits per heavy atom. The van der Waals surface area contributed by atoms with Gasteiger partial charge in [0.25, 0.3) is 0 Å². The number of hydrogen-bond donors (Lipinski definition) is 2. The quantitative estimate of drug-likeness (QED) is 0.860. The van der Waals surface area contributed by atoms with Crippen LogP contribution in [0.2, 0.25) is 0 Å². The summed E-state index contributed by atoms with van der Waals surface area (Å²) in [4.78, 5) is 13.4. The van der Waals surface area contributed by atoms with Gasteiger partial charge in [0, 0.05) is 11.3 Å². The lowest BCUT2D eigenvalue weighted by Gasteiger charge is -2.24. The Bertz CT molecular complexity index is 398. The van der Waals surface area contributed by atoms with Gasteiger partial charge in [-0.25, -0.2) is 0 Å². The normalized spacial score (nSPS) is 20.2. The summed E-state index contributed by atoms with van der Waals surface area (Å²) in [5, 5.41) is 5.30. The van der Waals surface area contributed by atoms with Crippen LogP contribution in [0.1, 0.15) is 49.1 Å². The molecule has 0 spiro atoms. The second-order valence-electron chi connectivity index (χ2n) is 5.03. The molecule has 1 amide bonds. The van der Waals surface area contributed by atoms with Crippen molar-refractivity contribution in [1.82, 2.24) is 5.32 Å². The Balaban J connectivity index is 1.93. The fraction of sp³-hybridized carbons (Fsp3) is 0.643. The molecule has 0 saturated carbocycles. The first-order chi connectivity index (χ1) is 8.74. The summed E-state index contributed by atoms with van der Waals surface area (Å²) >= 11 is 1.81. The van der Waals surface area contributed by atoms with E-state index in [2.05, 4.69) is 23.7 Å². The standard InChI is InChI=1S/C14H22N2OS/c1-2-10(9-15)8-14(17)16-12-4-3-5-13-11(12)6-7-18-13/h6-7,10,12H,2-5,8-9,15H2,1H3,(H,16,17). The molecule has 1 aromatic rings. The van der Waals surface area contributed by atoms with Crippen molar-refractivity contribution in [2.75, 3.05) is 6.54 Å². The number of nitrogens with two attached hydrogens (primary N) is 1. The van der Waals surface area contributed by atoms with Crippen LogP contribution in [-0.2, 0) is 11.2 Å². The van der Waals surface area contributed by atoms with Gasteiger partial charge in [-0.05, 0) is 48.7 Å². The summed E-state index contributed by atoms with van der Waals surface area (Å²) in [7, 11) is 0. The minimum atomic E-state index is 0.149. The molecule has 18 heavy (non-hydrogen) atoms. The summed E-state index contributed by atoms with van der Waals surface area (Å²) in [6.45, 7) is 2.68. The third kappa shape index (κ3) is 3.12. The molecule has 0 aromatic carbocycles. The van der Waals surface area contributed by atoms with Crippen LogP contribution in [0.15, 0.2) is 11.4 Å². The van der Waals surface area contributed by atoms with E-state index in [1.54, 1.807) is 0 Å². The molecule has 3 N–H and O–H groups in total. The Morgan fingerprint density at radius 1 is 1.67 bits per heavy atom. The number of carbonyl (C=O) groups excluding carboxylic acids is 1. The minimum Gasteiger partial charge on any atom is -0.349 e. The van der Waals surface area contributed by atoms with Gasteiger partial charge in [-0.2, -0.15) is 0 Å². The highest BCUT2D eigenvalue weighted by atomic mass is 32.1. The molecule has 1 aliphatic carbocycles. The molecule has 0 aliphatic heterocycles. The second-order valence-corrected chi connectivity index (χ2v) is 6.03. The molecule has 1 aromatic heterocycles. The van der Waals surface area contributed by atoms with Gasteiger partial charge in [0.05, 0.1) is 6.04 Å². The Morgan fingerprint density at radius 3 is 3.22 bits per heavy atom. The van der Waals surface area contributed by atoms with Crippen LogP contribution in [0, 0.1) is 5.92 Å². The number of nitrogens with one attached hydrogen (secondary N) is 1. The molecule has 2 atom stereocenters. The number of amides is 1. The number of carbonyl (C=O) groups is 1. The van der Waals surface area contributed by atoms with E-state index in [9.17, 15) is 4.79 Å². The van der Waals surface area contributed by atoms with Gasteiger partial charge in [-0.15, -0.1) is 11.3 Å². The lowest BCUT2D eigenvalue weighted by molar-refractivity contribution is -0.122. The van der Waals surface area contributed by atoms with Crippen molar-refractivity contribution in [2.24, 2.45) is 11.7 Å². The van der Waals surface area contributed by atoms with Gasteiger partial charge in [0.2, 0.25) is 5.91 Å². The molecule has 3 nitrogen and oxygen atoms in total. The first kappa shape index (κ1) is 13.6. The van der Waals surface area contributed by atoms with E-state index in [-0.39, 0.29) is 11.9 Å². The minimum absolute atomic E-state index is 0.149. The summed E-state index contributed by atoms with van der Waals surface area (Å²) in [5.41, 5.74) is 6.98. The Kier molecular flexibility index (Phi) is 4.78. The molecule has 0 radical (unpaired) electrons. The van der Waals surface area contributed by atoms with Crippen LogP contribution in [-0.4, -0.2) is 12.5 Å². The first-order valence-electron chi connectivity index (χ1n) is 6.80. The Hall–Kier alpha value is -0.870. The largest absolute Gasteiger partial charge is 0.349 e. The summed E-state index contributed by atoms with van der Waals surface area (Å²) in [5.74, 6) is 0.465. The fourth-order valence-electron chi connectivity index (χ4n) is 2.55. The molecule has 0 fully saturated rings. The first-order valence-corrected chi connectivity index (χ1v) is 7.68. The van der Waals surface area contributed by atoms with Crippen LogP contribution >= 0.6 is 11.3 Å². The number of aryl methyl sites for hydroxylation is 1. The Labute approximate surface area is 113 Å². The van der Waals surface area contributed by atoms with Crippen molar-refractivity contribution < 1.29 is 4.79 Å². The van der Waals surface area contributed by atoms with Gasteiger partial charge >= 0.3 is 0 Å².